The molecule has 0 spiro atoms. The Hall–Kier alpha value is -2.33. The number of para-hydroxylation sites is 1. The number of hydrogen-bond acceptors (Lipinski definition) is 3. The minimum absolute atomic E-state index is 0.846. The van der Waals surface area contributed by atoms with Crippen molar-refractivity contribution in [3.8, 4) is 0 Å². The molecule has 1 aromatic heterocycles. The predicted octanol–water partition coefficient (Wildman–Crippen LogP) is 2.67. The highest BCUT2D eigenvalue weighted by atomic mass is 15.3. The number of nitrogens with two attached hydrogens (primary N) is 1. The molecule has 1 aliphatic rings. The van der Waals surface area contributed by atoms with Crippen LogP contribution < -0.4 is 5.73 Å². The topological polar surface area (TPSA) is 47.1 Å². The van der Waals surface area contributed by atoms with Crippen molar-refractivity contribution < 1.29 is 0 Å². The van der Waals surface area contributed by atoms with E-state index in [0.29, 0.717) is 0 Å². The van der Waals surface area contributed by atoms with Crippen LogP contribution in [0.4, 0.5) is 5.69 Å². The van der Waals surface area contributed by atoms with Crippen molar-refractivity contribution in [1.29, 1.82) is 0 Å². The van der Waals surface area contributed by atoms with E-state index in [1.54, 1.807) is 0 Å². The average molecular weight is 278 g/mol. The van der Waals surface area contributed by atoms with Crippen molar-refractivity contribution in [3.63, 3.8) is 0 Å². The molecule has 4 heteroatoms. The predicted molar refractivity (Wildman–Crippen MR) is 84.5 cm³/mol. The van der Waals surface area contributed by atoms with Gasteiger partial charge in [-0.2, -0.15) is 5.10 Å². The van der Waals surface area contributed by atoms with Crippen molar-refractivity contribution in [1.82, 2.24) is 14.7 Å². The van der Waals surface area contributed by atoms with Crippen LogP contribution in [0.5, 0.6) is 0 Å². The van der Waals surface area contributed by atoms with Gasteiger partial charge in [-0.1, -0.05) is 24.3 Å². The van der Waals surface area contributed by atoms with Gasteiger partial charge in [0.1, 0.15) is 0 Å². The van der Waals surface area contributed by atoms with Gasteiger partial charge in [0.15, 0.2) is 0 Å². The minimum atomic E-state index is 0.846. The van der Waals surface area contributed by atoms with Crippen LogP contribution in [0, 0.1) is 0 Å². The summed E-state index contributed by atoms with van der Waals surface area (Å²) in [6.07, 6.45) is 0. The van der Waals surface area contributed by atoms with Gasteiger partial charge in [0, 0.05) is 37.8 Å². The molecule has 0 saturated carbocycles. The SMILES string of the molecule is Cn1nc(CN2Cc3ccc(N)cc3C2)c2ccccc21. The molecule has 21 heavy (non-hydrogen) atoms. The van der Waals surface area contributed by atoms with Crippen molar-refractivity contribution in [3.05, 3.63) is 59.3 Å². The van der Waals surface area contributed by atoms with Gasteiger partial charge < -0.3 is 5.73 Å². The summed E-state index contributed by atoms with van der Waals surface area (Å²) in [4.78, 5) is 2.42. The molecule has 2 heterocycles. The van der Waals surface area contributed by atoms with Crippen LogP contribution in [0.15, 0.2) is 42.5 Å². The Balaban J connectivity index is 1.62. The Morgan fingerprint density at radius 3 is 2.81 bits per heavy atom. The van der Waals surface area contributed by atoms with Crippen molar-refractivity contribution >= 4 is 16.6 Å². The zero-order chi connectivity index (χ0) is 14.4. The average Bonchev–Trinajstić information content (AvgIpc) is 3.01. The van der Waals surface area contributed by atoms with Crippen molar-refractivity contribution in [2.24, 2.45) is 7.05 Å². The van der Waals surface area contributed by atoms with Gasteiger partial charge in [0.05, 0.1) is 11.2 Å². The molecular weight excluding hydrogens is 260 g/mol. The molecule has 3 aromatic rings. The van der Waals surface area contributed by atoms with E-state index in [-0.39, 0.29) is 0 Å². The second-order valence-electron chi connectivity index (χ2n) is 5.76. The maximum Gasteiger partial charge on any atom is 0.0843 e. The second kappa shape index (κ2) is 4.60. The Kier molecular flexibility index (Phi) is 2.72. The molecule has 0 saturated heterocycles. The monoisotopic (exact) mass is 278 g/mol. The van der Waals surface area contributed by atoms with E-state index in [1.807, 2.05) is 17.8 Å². The fourth-order valence-corrected chi connectivity index (χ4v) is 3.21. The first-order valence-electron chi connectivity index (χ1n) is 7.21. The molecule has 2 N–H and O–H groups in total. The van der Waals surface area contributed by atoms with Crippen molar-refractivity contribution in [2.75, 3.05) is 5.73 Å². The van der Waals surface area contributed by atoms with E-state index in [2.05, 4.69) is 46.4 Å². The first kappa shape index (κ1) is 12.4. The van der Waals surface area contributed by atoms with Crippen molar-refractivity contribution in [2.45, 2.75) is 19.6 Å². The van der Waals surface area contributed by atoms with E-state index in [0.717, 1.165) is 31.0 Å². The van der Waals surface area contributed by atoms with Crippen LogP contribution >= 0.6 is 0 Å². The van der Waals surface area contributed by atoms with Crippen LogP contribution in [0.1, 0.15) is 16.8 Å². The van der Waals surface area contributed by atoms with E-state index in [4.69, 9.17) is 5.73 Å². The Morgan fingerprint density at radius 2 is 1.90 bits per heavy atom. The summed E-state index contributed by atoms with van der Waals surface area (Å²) in [5.74, 6) is 0. The molecule has 4 rings (SSSR count). The number of anilines is 1. The number of benzene rings is 2. The Labute approximate surface area is 123 Å². The lowest BCUT2D eigenvalue weighted by Gasteiger charge is -2.12. The van der Waals surface area contributed by atoms with Gasteiger partial charge in [-0.3, -0.25) is 9.58 Å². The number of fused-ring (bicyclic) bond motifs is 2. The molecule has 106 valence electrons. The normalized spacial score (nSPS) is 14.7. The van der Waals surface area contributed by atoms with E-state index in [1.165, 1.54) is 22.0 Å². The second-order valence-corrected chi connectivity index (χ2v) is 5.76. The lowest BCUT2D eigenvalue weighted by atomic mass is 10.1. The molecule has 0 atom stereocenters. The standard InChI is InChI=1S/C17H18N4/c1-20-17-5-3-2-4-15(17)16(19-20)11-21-9-12-6-7-14(18)8-13(12)10-21/h2-8H,9-11,18H2,1H3. The van der Waals surface area contributed by atoms with Gasteiger partial charge >= 0.3 is 0 Å². The smallest absolute Gasteiger partial charge is 0.0843 e. The van der Waals surface area contributed by atoms with Gasteiger partial charge in [-0.15, -0.1) is 0 Å². The summed E-state index contributed by atoms with van der Waals surface area (Å²) in [6, 6.07) is 14.6. The first-order chi connectivity index (χ1) is 10.2. The Bertz CT molecular complexity index is 819. The largest absolute Gasteiger partial charge is 0.399 e. The number of nitrogens with zero attached hydrogens (tertiary/aromatic N) is 3. The lowest BCUT2D eigenvalue weighted by molar-refractivity contribution is 0.272. The molecular formula is C17H18N4. The van der Waals surface area contributed by atoms with Gasteiger partial charge in [-0.25, -0.2) is 0 Å². The fourth-order valence-electron chi connectivity index (χ4n) is 3.21. The summed E-state index contributed by atoms with van der Waals surface area (Å²) >= 11 is 0. The lowest BCUT2D eigenvalue weighted by Crippen LogP contribution is -2.16. The molecule has 4 nitrogen and oxygen atoms in total. The minimum Gasteiger partial charge on any atom is -0.399 e. The zero-order valence-electron chi connectivity index (χ0n) is 12.1. The summed E-state index contributed by atoms with van der Waals surface area (Å²) in [6.45, 7) is 2.79. The first-order valence-corrected chi connectivity index (χ1v) is 7.21. The van der Waals surface area contributed by atoms with Gasteiger partial charge in [0.25, 0.3) is 0 Å². The van der Waals surface area contributed by atoms with Gasteiger partial charge in [-0.05, 0) is 29.3 Å². The van der Waals surface area contributed by atoms with Crippen LogP contribution in [-0.2, 0) is 26.7 Å². The third kappa shape index (κ3) is 2.08. The summed E-state index contributed by atoms with van der Waals surface area (Å²) in [5, 5.41) is 5.93. The number of aromatic nitrogens is 2. The molecule has 0 amide bonds. The molecule has 2 aromatic carbocycles. The number of rotatable bonds is 2. The quantitative estimate of drug-likeness (QED) is 0.733. The van der Waals surface area contributed by atoms with E-state index >= 15 is 0 Å². The highest BCUT2D eigenvalue weighted by Gasteiger charge is 2.21. The zero-order valence-corrected chi connectivity index (χ0v) is 12.1. The molecule has 0 unspecified atom stereocenters. The summed E-state index contributed by atoms with van der Waals surface area (Å²) in [7, 11) is 2.01. The fraction of sp³-hybridized carbons (Fsp3) is 0.235. The van der Waals surface area contributed by atoms with Gasteiger partial charge in [0.2, 0.25) is 0 Å². The molecule has 0 aliphatic carbocycles. The van der Waals surface area contributed by atoms with Crippen LogP contribution in [0.25, 0.3) is 10.9 Å². The van der Waals surface area contributed by atoms with Crippen LogP contribution in [0.2, 0.25) is 0 Å². The number of hydrogen-bond donors (Lipinski definition) is 1. The van der Waals surface area contributed by atoms with Crippen LogP contribution in [0.3, 0.4) is 0 Å². The molecule has 1 aliphatic heterocycles. The highest BCUT2D eigenvalue weighted by molar-refractivity contribution is 5.81. The molecule has 0 bridgehead atoms. The van der Waals surface area contributed by atoms with E-state index < -0.39 is 0 Å². The summed E-state index contributed by atoms with van der Waals surface area (Å²) in [5.41, 5.74) is 11.8. The highest BCUT2D eigenvalue weighted by Crippen LogP contribution is 2.27. The molecule has 0 radical (unpaired) electrons. The number of nitrogen functional groups attached to an aromatic ring is 1. The maximum atomic E-state index is 5.87. The third-order valence-corrected chi connectivity index (χ3v) is 4.23. The molecule has 0 fully saturated rings. The summed E-state index contributed by atoms with van der Waals surface area (Å²) < 4.78 is 1.96. The Morgan fingerprint density at radius 1 is 1.10 bits per heavy atom. The maximum absolute atomic E-state index is 5.87. The number of aryl methyl sites for hydroxylation is 1. The third-order valence-electron chi connectivity index (χ3n) is 4.23. The van der Waals surface area contributed by atoms with Crippen LogP contribution in [-0.4, -0.2) is 14.7 Å². The van der Waals surface area contributed by atoms with E-state index in [9.17, 15) is 0 Å².